The first-order chi connectivity index (χ1) is 15.3. The minimum absolute atomic E-state index is 0.0396. The Morgan fingerprint density at radius 1 is 1.12 bits per heavy atom. The maximum absolute atomic E-state index is 14.3. The number of amidine groups is 1. The first-order valence-electron chi connectivity index (χ1n) is 10.8. The van der Waals surface area contributed by atoms with Gasteiger partial charge in [-0.2, -0.15) is 13.2 Å². The molecule has 2 aromatic rings. The molecule has 4 nitrogen and oxygen atoms in total. The average molecular weight is 449 g/mol. The lowest BCUT2D eigenvalue weighted by Gasteiger charge is -2.30. The number of nitrogens with one attached hydrogen (secondary N) is 2. The van der Waals surface area contributed by atoms with Gasteiger partial charge < -0.3 is 16.4 Å². The third-order valence-electron chi connectivity index (χ3n) is 5.37. The molecule has 1 unspecified atom stereocenters. The Morgan fingerprint density at radius 3 is 2.53 bits per heavy atom. The maximum atomic E-state index is 14.3. The van der Waals surface area contributed by atoms with E-state index in [0.29, 0.717) is 37.2 Å². The summed E-state index contributed by atoms with van der Waals surface area (Å²) in [7, 11) is 0. The Bertz CT molecular complexity index is 1010. The molecule has 0 spiro atoms. The number of nitrogens with two attached hydrogens (primary N) is 1. The Morgan fingerprint density at radius 2 is 1.88 bits per heavy atom. The average Bonchev–Trinajstić information content (AvgIpc) is 2.78. The van der Waals surface area contributed by atoms with Gasteiger partial charge in [0, 0.05) is 29.1 Å². The van der Waals surface area contributed by atoms with E-state index in [1.807, 2.05) is 13.8 Å². The minimum Gasteiger partial charge on any atom is -0.385 e. The topological polar surface area (TPSA) is 62.4 Å². The monoisotopic (exact) mass is 448 g/mol. The lowest BCUT2D eigenvalue weighted by Crippen LogP contribution is -2.33. The van der Waals surface area contributed by atoms with Crippen LogP contribution in [0, 0.1) is 5.82 Å². The number of halogens is 4. The first kappa shape index (κ1) is 23.8. The van der Waals surface area contributed by atoms with Gasteiger partial charge >= 0.3 is 6.18 Å². The second kappa shape index (κ2) is 10.2. The fourth-order valence-electron chi connectivity index (χ4n) is 3.90. The summed E-state index contributed by atoms with van der Waals surface area (Å²) < 4.78 is 55.3. The Hall–Kier alpha value is -2.87. The number of allylic oxidation sites excluding steroid dienone is 1. The lowest BCUT2D eigenvalue weighted by molar-refractivity contribution is -0.137. The van der Waals surface area contributed by atoms with Crippen molar-refractivity contribution < 1.29 is 17.6 Å². The van der Waals surface area contributed by atoms with Gasteiger partial charge in [0.15, 0.2) is 0 Å². The molecule has 172 valence electrons. The van der Waals surface area contributed by atoms with E-state index >= 15 is 0 Å². The fraction of sp³-hybridized carbons (Fsp3) is 0.375. The number of rotatable bonds is 8. The first-order valence-corrected chi connectivity index (χ1v) is 10.8. The van der Waals surface area contributed by atoms with Crippen LogP contribution in [0.2, 0.25) is 0 Å². The van der Waals surface area contributed by atoms with Gasteiger partial charge in [-0.1, -0.05) is 32.0 Å². The van der Waals surface area contributed by atoms with Crippen molar-refractivity contribution >= 4 is 11.5 Å². The molecule has 2 aromatic carbocycles. The molecule has 0 bridgehead atoms. The summed E-state index contributed by atoms with van der Waals surface area (Å²) >= 11 is 0. The van der Waals surface area contributed by atoms with Crippen molar-refractivity contribution in [3.05, 3.63) is 76.2 Å². The molecular weight excluding hydrogens is 420 g/mol. The van der Waals surface area contributed by atoms with Crippen LogP contribution in [-0.2, 0) is 6.18 Å². The van der Waals surface area contributed by atoms with Crippen molar-refractivity contribution in [2.45, 2.75) is 45.3 Å². The molecule has 8 heteroatoms. The number of anilines is 1. The number of aliphatic imine (C=N–C) groups is 1. The van der Waals surface area contributed by atoms with E-state index in [2.05, 4.69) is 15.6 Å². The second-order valence-corrected chi connectivity index (χ2v) is 7.60. The van der Waals surface area contributed by atoms with Crippen LogP contribution in [0.3, 0.4) is 0 Å². The van der Waals surface area contributed by atoms with Crippen LogP contribution >= 0.6 is 0 Å². The summed E-state index contributed by atoms with van der Waals surface area (Å²) in [5.41, 5.74) is 7.93. The van der Waals surface area contributed by atoms with Gasteiger partial charge in [-0.25, -0.2) is 4.39 Å². The van der Waals surface area contributed by atoms with Crippen molar-refractivity contribution in [3.8, 4) is 0 Å². The van der Waals surface area contributed by atoms with Crippen molar-refractivity contribution in [1.82, 2.24) is 5.32 Å². The van der Waals surface area contributed by atoms with Crippen molar-refractivity contribution in [2.75, 3.05) is 18.4 Å². The highest BCUT2D eigenvalue weighted by molar-refractivity contribution is 6.02. The number of alkyl halides is 3. The predicted molar refractivity (Wildman–Crippen MR) is 120 cm³/mol. The van der Waals surface area contributed by atoms with E-state index in [4.69, 9.17) is 5.73 Å². The van der Waals surface area contributed by atoms with E-state index in [1.165, 1.54) is 24.3 Å². The minimum atomic E-state index is -4.53. The van der Waals surface area contributed by atoms with E-state index < -0.39 is 23.6 Å². The van der Waals surface area contributed by atoms with Crippen LogP contribution in [0.25, 0.3) is 0 Å². The van der Waals surface area contributed by atoms with E-state index in [1.54, 1.807) is 12.1 Å². The summed E-state index contributed by atoms with van der Waals surface area (Å²) in [6.45, 7) is 4.94. The quantitative estimate of drug-likeness (QED) is 0.449. The summed E-state index contributed by atoms with van der Waals surface area (Å²) in [5.74, 6) is -0.315. The van der Waals surface area contributed by atoms with Gasteiger partial charge in [0.2, 0.25) is 0 Å². The zero-order chi connectivity index (χ0) is 23.3. The van der Waals surface area contributed by atoms with E-state index in [-0.39, 0.29) is 11.4 Å². The molecule has 1 atom stereocenters. The van der Waals surface area contributed by atoms with Gasteiger partial charge in [0.05, 0.1) is 5.56 Å². The lowest BCUT2D eigenvalue weighted by atomic mass is 9.90. The van der Waals surface area contributed by atoms with Crippen molar-refractivity contribution in [1.29, 1.82) is 0 Å². The molecule has 3 rings (SSSR count). The molecule has 0 aliphatic carbocycles. The van der Waals surface area contributed by atoms with Crippen LogP contribution < -0.4 is 16.4 Å². The third kappa shape index (κ3) is 5.12. The zero-order valence-electron chi connectivity index (χ0n) is 18.2. The number of hydrogen-bond acceptors (Lipinski definition) is 4. The summed E-state index contributed by atoms with van der Waals surface area (Å²) in [6, 6.07) is 9.08. The van der Waals surface area contributed by atoms with Crippen LogP contribution in [0.4, 0.5) is 23.2 Å². The molecule has 1 aliphatic rings. The van der Waals surface area contributed by atoms with Crippen LogP contribution in [0.1, 0.15) is 55.8 Å². The molecule has 0 aromatic heterocycles. The predicted octanol–water partition coefficient (Wildman–Crippen LogP) is 5.77. The maximum Gasteiger partial charge on any atom is 0.417 e. The Balaban J connectivity index is 2.20. The van der Waals surface area contributed by atoms with Crippen LogP contribution in [0.15, 0.2) is 58.7 Å². The van der Waals surface area contributed by atoms with Gasteiger partial charge in [-0.15, -0.1) is 0 Å². The molecule has 0 radical (unpaired) electrons. The van der Waals surface area contributed by atoms with Crippen LogP contribution in [0.5, 0.6) is 0 Å². The summed E-state index contributed by atoms with van der Waals surface area (Å²) in [6.07, 6.45) is -2.63. The van der Waals surface area contributed by atoms with E-state index in [0.717, 1.165) is 23.8 Å². The number of hydrogen-bond donors (Lipinski definition) is 3. The van der Waals surface area contributed by atoms with Crippen molar-refractivity contribution in [2.24, 2.45) is 10.7 Å². The summed E-state index contributed by atoms with van der Waals surface area (Å²) in [4.78, 5) is 4.69. The molecular formula is C24H28F4N4. The van der Waals surface area contributed by atoms with Gasteiger partial charge in [0.25, 0.3) is 0 Å². The van der Waals surface area contributed by atoms with Gasteiger partial charge in [-0.05, 0) is 55.6 Å². The molecule has 32 heavy (non-hydrogen) atoms. The highest BCUT2D eigenvalue weighted by Gasteiger charge is 2.36. The smallest absolute Gasteiger partial charge is 0.385 e. The van der Waals surface area contributed by atoms with E-state index in [9.17, 15) is 17.6 Å². The molecule has 0 saturated carbocycles. The third-order valence-corrected chi connectivity index (χ3v) is 5.37. The number of benzene rings is 2. The Kier molecular flexibility index (Phi) is 7.56. The van der Waals surface area contributed by atoms with Gasteiger partial charge in [0.1, 0.15) is 17.7 Å². The standard InChI is InChI=1S/C24H28F4N4/c1-3-13-30-21-10-9-15(25)14-18(21)22-17(11-12-29)20(4-2)31-23(32-22)16-7-5-6-8-19(16)24(26,27)28/h5-10,14,22,30H,3-4,11-13,29H2,1-2H3,(H,31,32). The second-order valence-electron chi connectivity index (χ2n) is 7.60. The normalized spacial score (nSPS) is 16.6. The van der Waals surface area contributed by atoms with Gasteiger partial charge in [-0.3, -0.25) is 4.99 Å². The highest BCUT2D eigenvalue weighted by atomic mass is 19.4. The molecule has 0 amide bonds. The highest BCUT2D eigenvalue weighted by Crippen LogP contribution is 2.39. The number of nitrogens with zero attached hydrogens (tertiary/aromatic N) is 1. The molecule has 0 fully saturated rings. The summed E-state index contributed by atoms with van der Waals surface area (Å²) in [5, 5.41) is 6.39. The van der Waals surface area contributed by atoms with Crippen molar-refractivity contribution in [3.63, 3.8) is 0 Å². The molecule has 4 N–H and O–H groups in total. The fourth-order valence-corrected chi connectivity index (χ4v) is 3.90. The molecule has 0 saturated heterocycles. The zero-order valence-corrected chi connectivity index (χ0v) is 18.2. The van der Waals surface area contributed by atoms with Crippen LogP contribution in [-0.4, -0.2) is 18.9 Å². The largest absolute Gasteiger partial charge is 0.417 e. The Labute approximate surface area is 185 Å². The molecule has 1 heterocycles. The SMILES string of the molecule is CCCNc1ccc(F)cc1C1N=C(c2ccccc2C(F)(F)F)NC(CC)=C1CCN. The molecule has 1 aliphatic heterocycles.